The summed E-state index contributed by atoms with van der Waals surface area (Å²) >= 11 is 0. The predicted molar refractivity (Wildman–Crippen MR) is 71.0 cm³/mol. The molecule has 1 N–H and O–H groups in total. The van der Waals surface area contributed by atoms with Crippen LogP contribution >= 0.6 is 0 Å². The van der Waals surface area contributed by atoms with Gasteiger partial charge in [-0.1, -0.05) is 13.3 Å². The van der Waals surface area contributed by atoms with Gasteiger partial charge in [-0.05, 0) is 20.3 Å². The van der Waals surface area contributed by atoms with Crippen LogP contribution in [0.5, 0.6) is 0 Å². The molecule has 1 saturated heterocycles. The van der Waals surface area contributed by atoms with Crippen molar-refractivity contribution in [1.82, 2.24) is 15.1 Å². The summed E-state index contributed by atoms with van der Waals surface area (Å²) in [6.45, 7) is 10.3. The van der Waals surface area contributed by atoms with Gasteiger partial charge in [0.05, 0.1) is 6.04 Å². The van der Waals surface area contributed by atoms with Crippen molar-refractivity contribution in [3.63, 3.8) is 0 Å². The van der Waals surface area contributed by atoms with E-state index < -0.39 is 0 Å². The summed E-state index contributed by atoms with van der Waals surface area (Å²) in [4.78, 5) is 16.5. The molecule has 1 aliphatic rings. The highest BCUT2D eigenvalue weighted by Gasteiger charge is 2.26. The van der Waals surface area contributed by atoms with Gasteiger partial charge in [-0.15, -0.1) is 0 Å². The summed E-state index contributed by atoms with van der Waals surface area (Å²) in [5.41, 5.74) is 0. The number of likely N-dealkylation sites (N-methyl/N-ethyl adjacent to an activating group) is 1. The first-order valence-corrected chi connectivity index (χ1v) is 6.79. The second-order valence-electron chi connectivity index (χ2n) is 5.05. The molecule has 1 heterocycles. The molecular formula is C13H27N3O. The minimum absolute atomic E-state index is 0.0152. The van der Waals surface area contributed by atoms with Crippen LogP contribution in [0, 0.1) is 0 Å². The van der Waals surface area contributed by atoms with Gasteiger partial charge < -0.3 is 10.2 Å². The number of nitrogens with one attached hydrogen (secondary N) is 1. The van der Waals surface area contributed by atoms with Crippen LogP contribution in [0.1, 0.15) is 33.6 Å². The summed E-state index contributed by atoms with van der Waals surface area (Å²) in [6.07, 6.45) is 2.21. The van der Waals surface area contributed by atoms with Crippen LogP contribution in [0.2, 0.25) is 0 Å². The Morgan fingerprint density at radius 2 is 1.94 bits per heavy atom. The molecule has 0 bridgehead atoms. The Hall–Kier alpha value is -0.610. The number of piperazine rings is 1. The quantitative estimate of drug-likeness (QED) is 0.778. The summed E-state index contributed by atoms with van der Waals surface area (Å²) in [5, 5.41) is 3.31. The van der Waals surface area contributed by atoms with E-state index in [1.54, 1.807) is 0 Å². The topological polar surface area (TPSA) is 35.6 Å². The molecule has 0 radical (unpaired) electrons. The lowest BCUT2D eigenvalue weighted by Crippen LogP contribution is -2.54. The number of amides is 1. The highest BCUT2D eigenvalue weighted by molar-refractivity contribution is 5.81. The molecule has 0 aromatic heterocycles. The third-order valence-electron chi connectivity index (χ3n) is 3.77. The van der Waals surface area contributed by atoms with E-state index in [0.29, 0.717) is 6.04 Å². The predicted octanol–water partition coefficient (Wildman–Crippen LogP) is 0.927. The molecule has 1 rings (SSSR count). The average Bonchev–Trinajstić information content (AvgIpc) is 2.37. The van der Waals surface area contributed by atoms with Gasteiger partial charge in [-0.3, -0.25) is 9.69 Å². The molecule has 0 aromatic rings. The fourth-order valence-corrected chi connectivity index (χ4v) is 2.35. The number of rotatable bonds is 5. The van der Waals surface area contributed by atoms with Gasteiger partial charge in [0.2, 0.25) is 5.91 Å². The molecule has 1 fully saturated rings. The second-order valence-corrected chi connectivity index (χ2v) is 5.05. The minimum atomic E-state index is 0.0152. The van der Waals surface area contributed by atoms with Crippen molar-refractivity contribution in [2.45, 2.75) is 45.7 Å². The molecule has 2 unspecified atom stereocenters. The van der Waals surface area contributed by atoms with Crippen LogP contribution in [0.3, 0.4) is 0 Å². The third-order valence-corrected chi connectivity index (χ3v) is 3.77. The number of nitrogens with zero attached hydrogens (tertiary/aromatic N) is 2. The van der Waals surface area contributed by atoms with Gasteiger partial charge in [0.15, 0.2) is 0 Å². The van der Waals surface area contributed by atoms with Crippen molar-refractivity contribution >= 4 is 5.91 Å². The first-order chi connectivity index (χ1) is 8.07. The van der Waals surface area contributed by atoms with Crippen molar-refractivity contribution in [3.05, 3.63) is 0 Å². The van der Waals surface area contributed by atoms with E-state index in [0.717, 1.165) is 39.0 Å². The fourth-order valence-electron chi connectivity index (χ4n) is 2.35. The standard InChI is InChI=1S/C13H27N3O/c1-5-6-11(2)15(4)13(17)12(3)16-9-7-14-8-10-16/h11-12,14H,5-10H2,1-4H3. The maximum Gasteiger partial charge on any atom is 0.239 e. The average molecular weight is 241 g/mol. The van der Waals surface area contributed by atoms with E-state index in [4.69, 9.17) is 0 Å². The fraction of sp³-hybridized carbons (Fsp3) is 0.923. The van der Waals surface area contributed by atoms with Crippen molar-refractivity contribution in [3.8, 4) is 0 Å². The zero-order chi connectivity index (χ0) is 12.8. The molecule has 100 valence electrons. The molecule has 1 aliphatic heterocycles. The summed E-state index contributed by atoms with van der Waals surface area (Å²) in [7, 11) is 1.93. The number of carbonyl (C=O) groups excluding carboxylic acids is 1. The van der Waals surface area contributed by atoms with Crippen molar-refractivity contribution in [2.75, 3.05) is 33.2 Å². The maximum absolute atomic E-state index is 12.3. The Kier molecular flexibility index (Phi) is 5.92. The molecule has 4 nitrogen and oxygen atoms in total. The van der Waals surface area contributed by atoms with Crippen molar-refractivity contribution in [2.24, 2.45) is 0 Å². The van der Waals surface area contributed by atoms with Gasteiger partial charge in [0, 0.05) is 39.3 Å². The molecule has 0 aliphatic carbocycles. The van der Waals surface area contributed by atoms with E-state index >= 15 is 0 Å². The summed E-state index contributed by atoms with van der Waals surface area (Å²) in [5.74, 6) is 0.257. The highest BCUT2D eigenvalue weighted by Crippen LogP contribution is 2.10. The van der Waals surface area contributed by atoms with E-state index in [-0.39, 0.29) is 11.9 Å². The van der Waals surface area contributed by atoms with E-state index in [1.807, 2.05) is 18.9 Å². The lowest BCUT2D eigenvalue weighted by atomic mass is 10.1. The smallest absolute Gasteiger partial charge is 0.239 e. The highest BCUT2D eigenvalue weighted by atomic mass is 16.2. The van der Waals surface area contributed by atoms with Crippen LogP contribution in [-0.4, -0.2) is 61.0 Å². The molecule has 0 saturated carbocycles. The van der Waals surface area contributed by atoms with E-state index in [2.05, 4.69) is 24.1 Å². The number of hydrogen-bond donors (Lipinski definition) is 1. The Morgan fingerprint density at radius 3 is 2.47 bits per heavy atom. The zero-order valence-corrected chi connectivity index (χ0v) is 11.7. The van der Waals surface area contributed by atoms with Crippen LogP contribution in [0.15, 0.2) is 0 Å². The summed E-state index contributed by atoms with van der Waals surface area (Å²) in [6, 6.07) is 0.360. The zero-order valence-electron chi connectivity index (χ0n) is 11.7. The van der Waals surface area contributed by atoms with Crippen molar-refractivity contribution in [1.29, 1.82) is 0 Å². The van der Waals surface area contributed by atoms with Gasteiger partial charge in [-0.25, -0.2) is 0 Å². The Labute approximate surface area is 105 Å². The van der Waals surface area contributed by atoms with E-state index in [9.17, 15) is 4.79 Å². The molecule has 1 amide bonds. The van der Waals surface area contributed by atoms with Gasteiger partial charge >= 0.3 is 0 Å². The second kappa shape index (κ2) is 6.97. The first kappa shape index (κ1) is 14.5. The van der Waals surface area contributed by atoms with E-state index in [1.165, 1.54) is 0 Å². The Bertz CT molecular complexity index is 239. The van der Waals surface area contributed by atoms with Gasteiger partial charge in [-0.2, -0.15) is 0 Å². The largest absolute Gasteiger partial charge is 0.342 e. The minimum Gasteiger partial charge on any atom is -0.342 e. The van der Waals surface area contributed by atoms with Crippen LogP contribution < -0.4 is 5.32 Å². The molecule has 0 spiro atoms. The van der Waals surface area contributed by atoms with Crippen molar-refractivity contribution < 1.29 is 4.79 Å². The number of hydrogen-bond acceptors (Lipinski definition) is 3. The van der Waals surface area contributed by atoms with Gasteiger partial charge in [0.25, 0.3) is 0 Å². The third kappa shape index (κ3) is 3.96. The maximum atomic E-state index is 12.3. The Balaban J connectivity index is 2.49. The molecule has 2 atom stereocenters. The van der Waals surface area contributed by atoms with Crippen LogP contribution in [0.4, 0.5) is 0 Å². The lowest BCUT2D eigenvalue weighted by molar-refractivity contribution is -0.137. The van der Waals surface area contributed by atoms with Crippen LogP contribution in [0.25, 0.3) is 0 Å². The molecule has 4 heteroatoms. The normalized spacial score (nSPS) is 20.9. The van der Waals surface area contributed by atoms with Gasteiger partial charge in [0.1, 0.15) is 0 Å². The first-order valence-electron chi connectivity index (χ1n) is 6.79. The molecule has 17 heavy (non-hydrogen) atoms. The monoisotopic (exact) mass is 241 g/mol. The number of carbonyl (C=O) groups is 1. The molecular weight excluding hydrogens is 214 g/mol. The SMILES string of the molecule is CCCC(C)N(C)C(=O)C(C)N1CCNCC1. The summed E-state index contributed by atoms with van der Waals surface area (Å²) < 4.78 is 0. The lowest BCUT2D eigenvalue weighted by Gasteiger charge is -2.35. The molecule has 0 aromatic carbocycles. The Morgan fingerprint density at radius 1 is 1.35 bits per heavy atom. The van der Waals surface area contributed by atoms with Crippen LogP contribution in [-0.2, 0) is 4.79 Å².